The molecule has 39 heavy (non-hydrogen) atoms. The minimum absolute atomic E-state index is 0.228. The Balaban J connectivity index is 0.000000293. The fraction of sp³-hybridized carbons (Fsp3) is 0.310. The second-order valence-electron chi connectivity index (χ2n) is 9.61. The lowest BCUT2D eigenvalue weighted by Crippen LogP contribution is -2.46. The predicted octanol–water partition coefficient (Wildman–Crippen LogP) is 3.04. The van der Waals surface area contributed by atoms with E-state index in [1.165, 1.54) is 6.82 Å². The van der Waals surface area contributed by atoms with Crippen molar-refractivity contribution in [1.82, 2.24) is 10.5 Å². The molecule has 0 saturated heterocycles. The monoisotopic (exact) mass is 532 g/mol. The number of carboxylic acid groups (broad SMARTS) is 1. The number of nitrogens with one attached hydrogen (secondary N) is 2. The first-order valence-corrected chi connectivity index (χ1v) is 13.0. The molecule has 2 unspecified atom stereocenters. The van der Waals surface area contributed by atoms with Crippen LogP contribution in [0.1, 0.15) is 27.8 Å². The smallest absolute Gasteiger partial charge is 0.374 e. The van der Waals surface area contributed by atoms with E-state index < -0.39 is 32.2 Å². The second kappa shape index (κ2) is 16.5. The molecule has 5 N–H and O–H groups in total. The summed E-state index contributed by atoms with van der Waals surface area (Å²) in [7, 11) is -1.61. The lowest BCUT2D eigenvalue weighted by Gasteiger charge is -2.18. The van der Waals surface area contributed by atoms with Crippen LogP contribution in [0.5, 0.6) is 0 Å². The van der Waals surface area contributed by atoms with E-state index >= 15 is 0 Å². The minimum Gasteiger partial charge on any atom is -0.480 e. The van der Waals surface area contributed by atoms with Crippen molar-refractivity contribution in [3.05, 3.63) is 107 Å². The highest BCUT2D eigenvalue weighted by molar-refractivity contribution is 6.46. The molecule has 0 aliphatic rings. The first-order valence-electron chi connectivity index (χ1n) is 13.0. The second-order valence-corrected chi connectivity index (χ2v) is 9.61. The molecule has 0 bridgehead atoms. The van der Waals surface area contributed by atoms with Gasteiger partial charge in [0.15, 0.2) is 0 Å². The summed E-state index contributed by atoms with van der Waals surface area (Å²) in [4.78, 5) is 23.3. The Morgan fingerprint density at radius 2 is 1.21 bits per heavy atom. The number of aryl methyl sites for hydroxylation is 2. The molecule has 3 rings (SSSR count). The largest absolute Gasteiger partial charge is 0.480 e. The van der Waals surface area contributed by atoms with E-state index in [4.69, 9.17) is 14.9 Å². The van der Waals surface area contributed by atoms with Crippen molar-refractivity contribution in [3.8, 4) is 0 Å². The summed E-state index contributed by atoms with van der Waals surface area (Å²) in [5, 5.41) is 33.1. The van der Waals surface area contributed by atoms with Crippen molar-refractivity contribution in [3.63, 3.8) is 0 Å². The Labute approximate surface area is 231 Å². The fourth-order valence-electron chi connectivity index (χ4n) is 3.99. The third kappa shape index (κ3) is 12.8. The Kier molecular flexibility index (Phi) is 13.5. The molecule has 0 heterocycles. The highest BCUT2D eigenvalue weighted by Crippen LogP contribution is 2.10. The van der Waals surface area contributed by atoms with Gasteiger partial charge in [0.1, 0.15) is 18.7 Å². The molecule has 0 saturated carbocycles. The molecule has 0 aliphatic heterocycles. The Morgan fingerprint density at radius 1 is 0.744 bits per heavy atom. The first-order chi connectivity index (χ1) is 18.5. The summed E-state index contributed by atoms with van der Waals surface area (Å²) in [5.41, 5.74) is 5.14. The number of hydrogen-bond donors (Lipinski definition) is 5. The number of aliphatic carboxylic acids is 1. The average Bonchev–Trinajstić information content (AvgIpc) is 2.87. The van der Waals surface area contributed by atoms with Crippen LogP contribution in [-0.2, 0) is 33.8 Å². The first kappa shape index (κ1) is 31.8. The summed E-state index contributed by atoms with van der Waals surface area (Å²) >= 11 is 0. The van der Waals surface area contributed by atoms with Crippen molar-refractivity contribution < 1.29 is 29.5 Å². The standard InChI is InChI=1S/C18H22BNO3.C11H16BNO3/c1-14-7-6-10-16(11-14)12-17(20-19(2)22)18(21)23-13-15-8-4-3-5-9-15;1-8-4-3-5-9(6-8)7-10(11(14)15)13-12(2)16/h3-11,17,20,22H,12-13H2,1-2H3;3-6,10,13,16H,7H2,1-2H3,(H,14,15). The highest BCUT2D eigenvalue weighted by atomic mass is 16.5. The third-order valence-electron chi connectivity index (χ3n) is 5.74. The van der Waals surface area contributed by atoms with Crippen LogP contribution in [0.15, 0.2) is 78.9 Å². The molecular formula is C29H38B2N2O6. The molecule has 10 heteroatoms. The topological polar surface area (TPSA) is 128 Å². The summed E-state index contributed by atoms with van der Waals surface area (Å²) in [6, 6.07) is 23.8. The number of benzene rings is 3. The number of esters is 1. The molecule has 0 aromatic heterocycles. The van der Waals surface area contributed by atoms with Crippen molar-refractivity contribution >= 4 is 26.0 Å². The van der Waals surface area contributed by atoms with Gasteiger partial charge in [-0.15, -0.1) is 0 Å². The maximum atomic E-state index is 12.3. The summed E-state index contributed by atoms with van der Waals surface area (Å²) in [5.74, 6) is -1.32. The number of carbonyl (C=O) groups excluding carboxylic acids is 1. The van der Waals surface area contributed by atoms with Crippen LogP contribution in [0.25, 0.3) is 0 Å². The lowest BCUT2D eigenvalue weighted by atomic mass is 9.86. The Bertz CT molecular complexity index is 1180. The Morgan fingerprint density at radius 3 is 1.67 bits per heavy atom. The molecule has 2 atom stereocenters. The molecular weight excluding hydrogens is 494 g/mol. The lowest BCUT2D eigenvalue weighted by molar-refractivity contribution is -0.147. The van der Waals surface area contributed by atoms with Crippen molar-refractivity contribution in [1.29, 1.82) is 0 Å². The van der Waals surface area contributed by atoms with E-state index in [9.17, 15) is 14.6 Å². The van der Waals surface area contributed by atoms with Crippen LogP contribution in [0, 0.1) is 13.8 Å². The summed E-state index contributed by atoms with van der Waals surface area (Å²) in [6.45, 7) is 7.29. The number of ether oxygens (including phenoxy) is 1. The van der Waals surface area contributed by atoms with Gasteiger partial charge in [0.2, 0.25) is 0 Å². The molecule has 3 aromatic carbocycles. The van der Waals surface area contributed by atoms with Crippen LogP contribution in [0.3, 0.4) is 0 Å². The maximum absolute atomic E-state index is 12.3. The Hall–Kier alpha value is -3.43. The van der Waals surface area contributed by atoms with Gasteiger partial charge in [0.25, 0.3) is 0 Å². The molecule has 0 spiro atoms. The van der Waals surface area contributed by atoms with E-state index in [2.05, 4.69) is 10.5 Å². The zero-order chi connectivity index (χ0) is 28.8. The van der Waals surface area contributed by atoms with E-state index in [0.717, 1.165) is 27.8 Å². The van der Waals surface area contributed by atoms with Gasteiger partial charge in [0.05, 0.1) is 0 Å². The average molecular weight is 532 g/mol. The van der Waals surface area contributed by atoms with Crippen LogP contribution in [0.4, 0.5) is 0 Å². The molecule has 3 aromatic rings. The molecule has 8 nitrogen and oxygen atoms in total. The summed E-state index contributed by atoms with van der Waals surface area (Å²) in [6.07, 6.45) is 0.835. The molecule has 206 valence electrons. The quantitative estimate of drug-likeness (QED) is 0.178. The fourth-order valence-corrected chi connectivity index (χ4v) is 3.99. The van der Waals surface area contributed by atoms with E-state index in [1.54, 1.807) is 6.82 Å². The van der Waals surface area contributed by atoms with Crippen molar-refractivity contribution in [2.24, 2.45) is 0 Å². The van der Waals surface area contributed by atoms with Gasteiger partial charge >= 0.3 is 26.0 Å². The predicted molar refractivity (Wildman–Crippen MR) is 155 cm³/mol. The molecule has 0 fully saturated rings. The van der Waals surface area contributed by atoms with Gasteiger partial charge in [-0.2, -0.15) is 0 Å². The van der Waals surface area contributed by atoms with E-state index in [-0.39, 0.29) is 12.6 Å². The number of carbonyl (C=O) groups is 2. The van der Waals surface area contributed by atoms with Crippen molar-refractivity contribution in [2.75, 3.05) is 0 Å². The van der Waals surface area contributed by atoms with E-state index in [0.29, 0.717) is 12.8 Å². The molecule has 0 amide bonds. The highest BCUT2D eigenvalue weighted by Gasteiger charge is 2.23. The number of carboxylic acids is 1. The van der Waals surface area contributed by atoms with Gasteiger partial charge in [-0.05, 0) is 57.0 Å². The zero-order valence-corrected chi connectivity index (χ0v) is 23.0. The summed E-state index contributed by atoms with van der Waals surface area (Å²) < 4.78 is 5.38. The SMILES string of the molecule is CB(O)NC(Cc1cccc(C)c1)C(=O)O.CB(O)NC(Cc1cccc(C)c1)C(=O)OCc1ccccc1. The van der Waals surface area contributed by atoms with Gasteiger partial charge in [-0.1, -0.05) is 90.0 Å². The molecule has 0 radical (unpaired) electrons. The van der Waals surface area contributed by atoms with Gasteiger partial charge in [0, 0.05) is 0 Å². The minimum atomic E-state index is -0.956. The number of rotatable bonds is 12. The van der Waals surface area contributed by atoms with Gasteiger partial charge < -0.3 is 30.3 Å². The van der Waals surface area contributed by atoms with Crippen LogP contribution < -0.4 is 10.5 Å². The van der Waals surface area contributed by atoms with Crippen molar-refractivity contribution in [2.45, 2.75) is 59.0 Å². The normalized spacial score (nSPS) is 11.9. The maximum Gasteiger partial charge on any atom is 0.374 e. The molecule has 0 aliphatic carbocycles. The van der Waals surface area contributed by atoms with Crippen LogP contribution in [-0.4, -0.2) is 53.3 Å². The van der Waals surface area contributed by atoms with Gasteiger partial charge in [-0.3, -0.25) is 9.59 Å². The number of hydrogen-bond acceptors (Lipinski definition) is 7. The van der Waals surface area contributed by atoms with Crippen LogP contribution in [0.2, 0.25) is 13.6 Å². The van der Waals surface area contributed by atoms with Crippen LogP contribution >= 0.6 is 0 Å². The zero-order valence-electron chi connectivity index (χ0n) is 23.0. The third-order valence-corrected chi connectivity index (χ3v) is 5.74. The van der Waals surface area contributed by atoms with E-state index in [1.807, 2.05) is 92.7 Å². The van der Waals surface area contributed by atoms with Gasteiger partial charge in [-0.25, -0.2) is 0 Å².